The summed E-state index contributed by atoms with van der Waals surface area (Å²) in [5.41, 5.74) is 0. The van der Waals surface area contributed by atoms with Crippen LogP contribution in [0.4, 0.5) is 14.4 Å². The summed E-state index contributed by atoms with van der Waals surface area (Å²) in [5, 5.41) is 0. The topological polar surface area (TPSA) is 133 Å². The largest absolute Gasteiger partial charge is 0.508 e. The van der Waals surface area contributed by atoms with Gasteiger partial charge in [-0.15, -0.1) is 0 Å². The minimum Gasteiger partial charge on any atom is -0.438 e. The van der Waals surface area contributed by atoms with Crippen molar-refractivity contribution in [2.75, 3.05) is 40.1 Å². The van der Waals surface area contributed by atoms with Crippen LogP contribution in [0.1, 0.15) is 20.3 Å². The Hall–Kier alpha value is -4.56. The van der Waals surface area contributed by atoms with Gasteiger partial charge in [0.25, 0.3) is 0 Å². The smallest absolute Gasteiger partial charge is 0.438 e. The molecule has 42 heavy (non-hydrogen) atoms. The third kappa shape index (κ3) is 17.2. The predicted octanol–water partition coefficient (Wildman–Crippen LogP) is 1.46. The summed E-state index contributed by atoms with van der Waals surface area (Å²) in [7, 11) is 7.09. The molecule has 3 aromatic heterocycles. The van der Waals surface area contributed by atoms with Crippen LogP contribution in [0.15, 0.2) is 56.2 Å². The van der Waals surface area contributed by atoms with E-state index in [0.717, 1.165) is 6.42 Å². The number of carbonyl (C=O) groups excluding carboxylic acids is 3. The molecule has 234 valence electrons. The van der Waals surface area contributed by atoms with Gasteiger partial charge in [-0.1, -0.05) is 6.92 Å². The minimum atomic E-state index is -0.642. The van der Waals surface area contributed by atoms with Crippen LogP contribution in [0.2, 0.25) is 0 Å². The Bertz CT molecular complexity index is 1170. The molecule has 0 spiro atoms. The maximum Gasteiger partial charge on any atom is 0.508 e. The summed E-state index contributed by atoms with van der Waals surface area (Å²) in [5.74, 6) is 0. The van der Waals surface area contributed by atoms with Crippen LogP contribution in [-0.2, 0) is 69.2 Å². The summed E-state index contributed by atoms with van der Waals surface area (Å²) < 4.78 is 39.6. The van der Waals surface area contributed by atoms with E-state index in [1.54, 1.807) is 6.92 Å². The van der Waals surface area contributed by atoms with Crippen molar-refractivity contribution in [1.29, 1.82) is 0 Å². The fourth-order valence-electron chi connectivity index (χ4n) is 3.05. The minimum absolute atomic E-state index is 0.321. The van der Waals surface area contributed by atoms with E-state index in [1.165, 1.54) is 7.11 Å². The summed E-state index contributed by atoms with van der Waals surface area (Å²) in [6.07, 6.45) is 16.2. The molecule has 0 aromatic carbocycles. The van der Waals surface area contributed by atoms with Gasteiger partial charge in [-0.05, 0) is 13.3 Å². The maximum atomic E-state index is 10.9. The van der Waals surface area contributed by atoms with Crippen molar-refractivity contribution in [3.8, 4) is 0 Å². The van der Waals surface area contributed by atoms with Gasteiger partial charge in [0.2, 0.25) is 19.0 Å². The van der Waals surface area contributed by atoms with E-state index in [4.69, 9.17) is 18.9 Å². The lowest BCUT2D eigenvalue weighted by Crippen LogP contribution is -2.24. The lowest BCUT2D eigenvalue weighted by molar-refractivity contribution is -0.671. The normalized spacial score (nSPS) is 9.86. The van der Waals surface area contributed by atoms with Crippen molar-refractivity contribution >= 4 is 18.5 Å². The van der Waals surface area contributed by atoms with Crippen LogP contribution < -0.4 is 13.7 Å². The third-order valence-corrected chi connectivity index (χ3v) is 5.03. The summed E-state index contributed by atoms with van der Waals surface area (Å²) in [6, 6.07) is 0. The summed E-state index contributed by atoms with van der Waals surface area (Å²) >= 11 is 0. The van der Waals surface area contributed by atoms with Crippen molar-refractivity contribution < 1.29 is 56.5 Å². The molecule has 0 unspecified atom stereocenters. The molecule has 15 nitrogen and oxygen atoms in total. The molecule has 0 aliphatic rings. The first-order valence-electron chi connectivity index (χ1n) is 13.5. The van der Waals surface area contributed by atoms with E-state index >= 15 is 0 Å². The quantitative estimate of drug-likeness (QED) is 0.173. The van der Waals surface area contributed by atoms with E-state index in [2.05, 4.69) is 9.47 Å². The second kappa shape index (κ2) is 21.2. The number of aryl methyl sites for hydroxylation is 3. The Balaban J connectivity index is 0.000000316. The molecule has 0 aliphatic heterocycles. The zero-order valence-electron chi connectivity index (χ0n) is 25.4. The van der Waals surface area contributed by atoms with Crippen LogP contribution >= 0.6 is 0 Å². The zero-order valence-corrected chi connectivity index (χ0v) is 25.4. The van der Waals surface area contributed by atoms with Gasteiger partial charge in [-0.25, -0.2) is 41.8 Å². The molecule has 0 bridgehead atoms. The van der Waals surface area contributed by atoms with Crippen molar-refractivity contribution in [2.24, 2.45) is 21.1 Å². The lowest BCUT2D eigenvalue weighted by Gasteiger charge is -2.03. The number of rotatable bonds is 12. The van der Waals surface area contributed by atoms with Crippen LogP contribution in [0, 0.1) is 0 Å². The number of hydrogen-bond acceptors (Lipinski definition) is 9. The van der Waals surface area contributed by atoms with Gasteiger partial charge in [0.15, 0.2) is 0 Å². The molecule has 0 aliphatic carbocycles. The van der Waals surface area contributed by atoms with E-state index in [-0.39, 0.29) is 0 Å². The molecule has 15 heteroatoms. The van der Waals surface area contributed by atoms with Crippen molar-refractivity contribution in [1.82, 2.24) is 13.7 Å². The molecule has 0 amide bonds. The second-order valence-electron chi connectivity index (χ2n) is 8.73. The van der Waals surface area contributed by atoms with Gasteiger partial charge in [0, 0.05) is 0 Å². The standard InChI is InChI=1S/C10H17N2O3.C9H15N2O3.C8H13N2O3/c1-3-7-14-10(13)15-8-6-12-5-4-11(2)9-12;1-3-13-9(12)14-7-6-11-5-4-10(2)8-11;1-9-3-4-10(7-9)5-6-13-8(11)12-2/h4-5,9H,3,6-8H2,1-2H3;4-5,8H,3,6-7H2,1-2H3;3-4,7H,5-6H2,1-2H3/q3*+1. The van der Waals surface area contributed by atoms with Crippen LogP contribution in [0.5, 0.6) is 0 Å². The Kier molecular flexibility index (Phi) is 17.9. The fraction of sp³-hybridized carbons (Fsp3) is 0.556. The van der Waals surface area contributed by atoms with Gasteiger partial charge in [0.05, 0.1) is 41.5 Å². The molecule has 0 atom stereocenters. The fourth-order valence-corrected chi connectivity index (χ4v) is 3.05. The van der Waals surface area contributed by atoms with E-state index in [9.17, 15) is 14.4 Å². The van der Waals surface area contributed by atoms with E-state index in [0.29, 0.717) is 52.7 Å². The van der Waals surface area contributed by atoms with Gasteiger partial charge in [0.1, 0.15) is 76.6 Å². The molecular formula is C27H45N6O9+3. The summed E-state index contributed by atoms with van der Waals surface area (Å²) in [4.78, 5) is 32.3. The molecular weight excluding hydrogens is 552 g/mol. The first-order chi connectivity index (χ1) is 20.2. The number of carbonyl (C=O) groups is 3. The number of imidazole rings is 3. The highest BCUT2D eigenvalue weighted by atomic mass is 16.7. The molecule has 0 N–H and O–H groups in total. The highest BCUT2D eigenvalue weighted by molar-refractivity contribution is 5.60. The molecule has 0 radical (unpaired) electrons. The highest BCUT2D eigenvalue weighted by Gasteiger charge is 2.06. The molecule has 3 heterocycles. The summed E-state index contributed by atoms with van der Waals surface area (Å²) in [6.45, 7) is 7.33. The number of aromatic nitrogens is 6. The van der Waals surface area contributed by atoms with Crippen molar-refractivity contribution in [3.05, 3.63) is 56.2 Å². The van der Waals surface area contributed by atoms with Gasteiger partial charge >= 0.3 is 18.5 Å². The van der Waals surface area contributed by atoms with Gasteiger partial charge < -0.3 is 28.4 Å². The average molecular weight is 598 g/mol. The first-order valence-corrected chi connectivity index (χ1v) is 13.5. The monoisotopic (exact) mass is 597 g/mol. The van der Waals surface area contributed by atoms with E-state index < -0.39 is 18.5 Å². The molecule has 0 fully saturated rings. The number of hydrogen-bond donors (Lipinski definition) is 0. The van der Waals surface area contributed by atoms with E-state index in [1.807, 2.05) is 112 Å². The van der Waals surface area contributed by atoms with Crippen molar-refractivity contribution in [3.63, 3.8) is 0 Å². The molecule has 0 saturated heterocycles. The third-order valence-electron chi connectivity index (χ3n) is 5.03. The first kappa shape index (κ1) is 35.5. The zero-order chi connectivity index (χ0) is 31.2. The predicted molar refractivity (Wildman–Crippen MR) is 146 cm³/mol. The number of nitrogens with zero attached hydrogens (tertiary/aromatic N) is 6. The van der Waals surface area contributed by atoms with Gasteiger partial charge in [-0.2, -0.15) is 0 Å². The Morgan fingerprint density at radius 2 is 0.929 bits per heavy atom. The molecule has 0 saturated carbocycles. The Morgan fingerprint density at radius 1 is 0.571 bits per heavy atom. The van der Waals surface area contributed by atoms with Gasteiger partial charge in [-0.3, -0.25) is 0 Å². The maximum absolute atomic E-state index is 10.9. The number of ether oxygens (including phenoxy) is 6. The average Bonchev–Trinajstić information content (AvgIpc) is 3.69. The second-order valence-corrected chi connectivity index (χ2v) is 8.73. The van der Waals surface area contributed by atoms with Crippen LogP contribution in [0.3, 0.4) is 0 Å². The Morgan fingerprint density at radius 3 is 1.24 bits per heavy atom. The number of methoxy groups -OCH3 is 1. The van der Waals surface area contributed by atoms with Crippen LogP contribution in [0.25, 0.3) is 0 Å². The molecule has 3 rings (SSSR count). The van der Waals surface area contributed by atoms with Crippen molar-refractivity contribution in [2.45, 2.75) is 39.9 Å². The highest BCUT2D eigenvalue weighted by Crippen LogP contribution is 1.91. The van der Waals surface area contributed by atoms with Crippen LogP contribution in [-0.4, -0.2) is 72.3 Å². The Labute approximate surface area is 246 Å². The molecule has 3 aromatic rings. The SMILES string of the molecule is CCCOC(=O)OCCn1cc[n+](C)c1.CCOC(=O)OCCn1cc[n+](C)c1.COC(=O)OCCn1cc[n+](C)c1. The lowest BCUT2D eigenvalue weighted by atomic mass is 10.5.